The minimum absolute atomic E-state index is 0.164. The van der Waals surface area contributed by atoms with Crippen molar-refractivity contribution >= 4 is 61.3 Å². The largest absolute Gasteiger partial charge is 0.508 e. The first-order valence-corrected chi connectivity index (χ1v) is 10.7. The summed E-state index contributed by atoms with van der Waals surface area (Å²) in [6.07, 6.45) is 0. The van der Waals surface area contributed by atoms with Crippen LogP contribution in [0.3, 0.4) is 0 Å². The number of hydrogen-bond acceptors (Lipinski definition) is 3. The second-order valence-corrected chi connectivity index (χ2v) is 7.79. The number of amides is 1. The Morgan fingerprint density at radius 1 is 1.10 bits per heavy atom. The maximum Gasteiger partial charge on any atom is 0.277 e. The van der Waals surface area contributed by atoms with Gasteiger partial charge in [-0.1, -0.05) is 58.4 Å². The number of halogens is 1. The van der Waals surface area contributed by atoms with Gasteiger partial charge in [0, 0.05) is 29.5 Å². The molecule has 0 radical (unpaired) electrons. The minimum atomic E-state index is -0.164. The average Bonchev–Trinajstić information content (AvgIpc) is 2.98. The summed E-state index contributed by atoms with van der Waals surface area (Å²) in [4.78, 5) is 18.9. The lowest BCUT2D eigenvalue weighted by Crippen LogP contribution is -2.32. The van der Waals surface area contributed by atoms with Gasteiger partial charge in [0.1, 0.15) is 11.5 Å². The topological polar surface area (TPSA) is 64.9 Å². The first-order valence-electron chi connectivity index (χ1n) is 9.13. The van der Waals surface area contributed by atoms with Crippen LogP contribution in [0.4, 0.5) is 5.69 Å². The fourth-order valence-electron chi connectivity index (χ4n) is 3.41. The molecule has 1 aliphatic heterocycles. The van der Waals surface area contributed by atoms with E-state index in [1.807, 2.05) is 54.6 Å². The normalized spacial score (nSPS) is 14.4. The van der Waals surface area contributed by atoms with Gasteiger partial charge in [0.05, 0.1) is 5.69 Å². The van der Waals surface area contributed by atoms with Crippen LogP contribution in [-0.2, 0) is 11.3 Å². The van der Waals surface area contributed by atoms with Crippen molar-refractivity contribution in [1.29, 1.82) is 0 Å². The van der Waals surface area contributed by atoms with Gasteiger partial charge in [-0.2, -0.15) is 0 Å². The molecule has 0 bridgehead atoms. The highest BCUT2D eigenvalue weighted by molar-refractivity contribution is 9.09. The van der Waals surface area contributed by atoms with E-state index in [0.29, 0.717) is 29.7 Å². The van der Waals surface area contributed by atoms with E-state index < -0.39 is 0 Å². The summed E-state index contributed by atoms with van der Waals surface area (Å²) >= 11 is 8.74. The SMILES string of the molecule is O=C1/C(=N\C(=S)NCc2cc3ccccc3cc2O)c2ccccc2N1CCBr. The number of fused-ring (bicyclic) bond motifs is 2. The smallest absolute Gasteiger partial charge is 0.277 e. The van der Waals surface area contributed by atoms with Crippen LogP contribution >= 0.6 is 28.1 Å². The lowest BCUT2D eigenvalue weighted by atomic mass is 10.1. The lowest BCUT2D eigenvalue weighted by molar-refractivity contribution is -0.112. The molecule has 5 nitrogen and oxygen atoms in total. The molecule has 0 saturated heterocycles. The number of hydrogen-bond donors (Lipinski definition) is 2. The van der Waals surface area contributed by atoms with Gasteiger partial charge < -0.3 is 15.3 Å². The molecule has 4 rings (SSSR count). The van der Waals surface area contributed by atoms with Gasteiger partial charge in [-0.05, 0) is 41.2 Å². The molecule has 0 aromatic heterocycles. The third kappa shape index (κ3) is 3.88. The number of nitrogens with one attached hydrogen (secondary N) is 1. The van der Waals surface area contributed by atoms with Crippen LogP contribution in [0.1, 0.15) is 11.1 Å². The Morgan fingerprint density at radius 2 is 1.79 bits per heavy atom. The van der Waals surface area contributed by atoms with E-state index in [2.05, 4.69) is 26.2 Å². The minimum Gasteiger partial charge on any atom is -0.508 e. The standard InChI is InChI=1S/C22H18BrN3O2S/c23-9-10-26-18-8-4-3-7-17(18)20(21(26)28)25-22(29)24-13-16-11-14-5-1-2-6-15(14)12-19(16)27/h1-8,11-12,27H,9-10,13H2,(H,24,29)/b25-20-. The molecule has 3 aromatic rings. The zero-order chi connectivity index (χ0) is 20.4. The summed E-state index contributed by atoms with van der Waals surface area (Å²) < 4.78 is 0. The van der Waals surface area contributed by atoms with Gasteiger partial charge in [-0.15, -0.1) is 0 Å². The Morgan fingerprint density at radius 3 is 2.55 bits per heavy atom. The number of para-hydroxylation sites is 1. The van der Waals surface area contributed by atoms with Gasteiger partial charge in [0.2, 0.25) is 0 Å². The molecule has 0 unspecified atom stereocenters. The molecule has 29 heavy (non-hydrogen) atoms. The van der Waals surface area contributed by atoms with Crippen LogP contribution in [0, 0.1) is 0 Å². The van der Waals surface area contributed by atoms with Crippen molar-refractivity contribution in [3.63, 3.8) is 0 Å². The predicted octanol–water partition coefficient (Wildman–Crippen LogP) is 4.15. The number of carbonyl (C=O) groups is 1. The van der Waals surface area contributed by atoms with Gasteiger partial charge in [-0.3, -0.25) is 4.79 Å². The van der Waals surface area contributed by atoms with Gasteiger partial charge in [-0.25, -0.2) is 4.99 Å². The van der Waals surface area contributed by atoms with Crippen LogP contribution < -0.4 is 10.2 Å². The number of benzene rings is 3. The van der Waals surface area contributed by atoms with E-state index in [4.69, 9.17) is 12.2 Å². The molecular formula is C22H18BrN3O2S. The number of nitrogens with zero attached hydrogens (tertiary/aromatic N) is 2. The quantitative estimate of drug-likeness (QED) is 0.446. The number of alkyl halides is 1. The highest BCUT2D eigenvalue weighted by Crippen LogP contribution is 2.29. The maximum atomic E-state index is 12.8. The molecule has 146 valence electrons. The lowest BCUT2D eigenvalue weighted by Gasteiger charge is -2.14. The Kier molecular flexibility index (Phi) is 5.60. The molecule has 3 aromatic carbocycles. The number of phenolic OH excluding ortho intramolecular Hbond substituents is 1. The maximum absolute atomic E-state index is 12.8. The summed E-state index contributed by atoms with van der Waals surface area (Å²) in [6.45, 7) is 0.868. The summed E-state index contributed by atoms with van der Waals surface area (Å²) in [5, 5.41) is 16.2. The third-order valence-corrected chi connectivity index (χ3v) is 5.39. The van der Waals surface area contributed by atoms with E-state index in [0.717, 1.165) is 22.0 Å². The highest BCUT2D eigenvalue weighted by Gasteiger charge is 2.33. The van der Waals surface area contributed by atoms with Gasteiger partial charge in [0.15, 0.2) is 5.11 Å². The number of aliphatic imine (C=N–C) groups is 1. The summed E-state index contributed by atoms with van der Waals surface area (Å²) in [5.41, 5.74) is 2.66. The molecule has 1 aliphatic rings. The third-order valence-electron chi connectivity index (χ3n) is 4.80. The monoisotopic (exact) mass is 467 g/mol. The summed E-state index contributed by atoms with van der Waals surface area (Å²) in [5.74, 6) is 0.0285. The molecule has 7 heteroatoms. The number of rotatable bonds is 4. The summed E-state index contributed by atoms with van der Waals surface area (Å²) in [6, 6.07) is 19.0. The fourth-order valence-corrected chi connectivity index (χ4v) is 3.92. The van der Waals surface area contributed by atoms with Crippen LogP contribution in [0.25, 0.3) is 10.8 Å². The second-order valence-electron chi connectivity index (χ2n) is 6.61. The van der Waals surface area contributed by atoms with Crippen molar-refractivity contribution in [3.8, 4) is 5.75 Å². The molecular weight excluding hydrogens is 450 g/mol. The molecule has 0 aliphatic carbocycles. The van der Waals surface area contributed by atoms with Gasteiger partial charge in [0.25, 0.3) is 5.91 Å². The molecule has 0 saturated carbocycles. The fraction of sp³-hybridized carbons (Fsp3) is 0.136. The van der Waals surface area contributed by atoms with Crippen molar-refractivity contribution in [2.75, 3.05) is 16.8 Å². The van der Waals surface area contributed by atoms with Crippen molar-refractivity contribution in [1.82, 2.24) is 5.32 Å². The molecule has 0 fully saturated rings. The first kappa shape index (κ1) is 19.5. The van der Waals surface area contributed by atoms with Crippen molar-refractivity contribution < 1.29 is 9.90 Å². The van der Waals surface area contributed by atoms with E-state index in [9.17, 15) is 9.90 Å². The molecule has 1 amide bonds. The van der Waals surface area contributed by atoms with Crippen LogP contribution in [0.2, 0.25) is 0 Å². The Balaban J connectivity index is 1.54. The molecule has 0 spiro atoms. The van der Waals surface area contributed by atoms with Crippen molar-refractivity contribution in [3.05, 3.63) is 71.8 Å². The van der Waals surface area contributed by atoms with E-state index in [1.165, 1.54) is 0 Å². The van der Waals surface area contributed by atoms with E-state index in [1.54, 1.807) is 11.0 Å². The molecule has 2 N–H and O–H groups in total. The van der Waals surface area contributed by atoms with Crippen molar-refractivity contribution in [2.24, 2.45) is 4.99 Å². The zero-order valence-corrected chi connectivity index (χ0v) is 17.8. The molecule has 0 atom stereocenters. The zero-order valence-electron chi connectivity index (χ0n) is 15.4. The summed E-state index contributed by atoms with van der Waals surface area (Å²) in [7, 11) is 0. The number of carbonyl (C=O) groups excluding carboxylic acids is 1. The average molecular weight is 468 g/mol. The van der Waals surface area contributed by atoms with Crippen molar-refractivity contribution in [2.45, 2.75) is 6.54 Å². The first-order chi connectivity index (χ1) is 14.1. The van der Waals surface area contributed by atoms with E-state index >= 15 is 0 Å². The number of aromatic hydroxyl groups is 1. The van der Waals surface area contributed by atoms with Crippen LogP contribution in [0.15, 0.2) is 65.7 Å². The van der Waals surface area contributed by atoms with Gasteiger partial charge >= 0.3 is 0 Å². The second kappa shape index (κ2) is 8.31. The highest BCUT2D eigenvalue weighted by atomic mass is 79.9. The Hall–Kier alpha value is -2.77. The molecule has 1 heterocycles. The van der Waals surface area contributed by atoms with Crippen LogP contribution in [-0.4, -0.2) is 33.7 Å². The number of anilines is 1. The number of thiocarbonyl (C=S) groups is 1. The number of phenols is 1. The predicted molar refractivity (Wildman–Crippen MR) is 124 cm³/mol. The Labute approximate surface area is 182 Å². The Bertz CT molecular complexity index is 1150. The van der Waals surface area contributed by atoms with E-state index in [-0.39, 0.29) is 16.8 Å². The van der Waals surface area contributed by atoms with Crippen LogP contribution in [0.5, 0.6) is 5.75 Å².